The van der Waals surface area contributed by atoms with Gasteiger partial charge >= 0.3 is 0 Å². The van der Waals surface area contributed by atoms with Crippen LogP contribution in [0.4, 0.5) is 5.69 Å². The van der Waals surface area contributed by atoms with E-state index >= 15 is 0 Å². The van der Waals surface area contributed by atoms with Crippen LogP contribution in [0.1, 0.15) is 5.01 Å². The smallest absolute Gasteiger partial charge is 0.252 e. The lowest BCUT2D eigenvalue weighted by Gasteiger charge is -2.35. The van der Waals surface area contributed by atoms with Crippen molar-refractivity contribution in [2.45, 2.75) is 11.1 Å². The van der Waals surface area contributed by atoms with Crippen molar-refractivity contribution < 1.29 is 8.42 Å². The normalized spacial score (nSPS) is 16.1. The lowest BCUT2D eigenvalue weighted by Crippen LogP contribution is -2.48. The standard InChI is InChI=1S/C18H19N3O2S3/c1-14-19-16(13-24-14)17-7-8-18(25-17)26(22,23)21-11-9-20(10-12-21)15-5-3-2-4-6-15/h2-8,13H,9-12H2,1H3. The maximum Gasteiger partial charge on any atom is 0.252 e. The Morgan fingerprint density at radius 1 is 1.00 bits per heavy atom. The summed E-state index contributed by atoms with van der Waals surface area (Å²) in [6, 6.07) is 13.7. The van der Waals surface area contributed by atoms with Gasteiger partial charge in [-0.05, 0) is 31.2 Å². The summed E-state index contributed by atoms with van der Waals surface area (Å²) in [6.07, 6.45) is 0. The van der Waals surface area contributed by atoms with Crippen LogP contribution in [0, 0.1) is 6.92 Å². The van der Waals surface area contributed by atoms with Crippen LogP contribution >= 0.6 is 22.7 Å². The van der Waals surface area contributed by atoms with Crippen LogP contribution < -0.4 is 4.90 Å². The number of aryl methyl sites for hydroxylation is 1. The van der Waals surface area contributed by atoms with E-state index in [0.717, 1.165) is 21.3 Å². The van der Waals surface area contributed by atoms with Crippen molar-refractivity contribution in [1.29, 1.82) is 0 Å². The Morgan fingerprint density at radius 2 is 1.73 bits per heavy atom. The number of piperazine rings is 1. The van der Waals surface area contributed by atoms with Crippen LogP contribution in [0.2, 0.25) is 0 Å². The summed E-state index contributed by atoms with van der Waals surface area (Å²) >= 11 is 2.87. The number of rotatable bonds is 4. The molecule has 0 unspecified atom stereocenters. The first-order valence-electron chi connectivity index (χ1n) is 8.36. The SMILES string of the molecule is Cc1nc(-c2ccc(S(=O)(=O)N3CCN(c4ccccc4)CC3)s2)cs1. The Balaban J connectivity index is 1.49. The number of para-hydroxylation sites is 1. The molecule has 0 amide bonds. The highest BCUT2D eigenvalue weighted by molar-refractivity contribution is 7.91. The van der Waals surface area contributed by atoms with E-state index in [2.05, 4.69) is 22.0 Å². The lowest BCUT2D eigenvalue weighted by molar-refractivity contribution is 0.386. The Morgan fingerprint density at radius 3 is 2.38 bits per heavy atom. The minimum atomic E-state index is -3.45. The number of aromatic nitrogens is 1. The molecule has 1 saturated heterocycles. The van der Waals surface area contributed by atoms with Gasteiger partial charge in [-0.1, -0.05) is 18.2 Å². The van der Waals surface area contributed by atoms with Gasteiger partial charge in [0, 0.05) is 37.2 Å². The van der Waals surface area contributed by atoms with Gasteiger partial charge in [0.25, 0.3) is 10.0 Å². The fourth-order valence-corrected chi connectivity index (χ4v) is 6.56. The first kappa shape index (κ1) is 17.7. The van der Waals surface area contributed by atoms with Crippen molar-refractivity contribution >= 4 is 38.4 Å². The molecule has 0 saturated carbocycles. The van der Waals surface area contributed by atoms with E-state index in [0.29, 0.717) is 30.4 Å². The molecule has 1 fully saturated rings. The van der Waals surface area contributed by atoms with Gasteiger partial charge in [0.05, 0.1) is 15.6 Å². The first-order valence-corrected chi connectivity index (χ1v) is 11.5. The largest absolute Gasteiger partial charge is 0.369 e. The summed E-state index contributed by atoms with van der Waals surface area (Å²) < 4.78 is 27.9. The second-order valence-electron chi connectivity index (χ2n) is 6.10. The summed E-state index contributed by atoms with van der Waals surface area (Å²) in [6.45, 7) is 4.35. The average Bonchev–Trinajstić information content (AvgIpc) is 3.32. The molecule has 8 heteroatoms. The monoisotopic (exact) mass is 405 g/mol. The quantitative estimate of drug-likeness (QED) is 0.664. The maximum atomic E-state index is 13.0. The number of nitrogens with zero attached hydrogens (tertiary/aromatic N) is 3. The van der Waals surface area contributed by atoms with Gasteiger partial charge in [0.2, 0.25) is 0 Å². The summed E-state index contributed by atoms with van der Waals surface area (Å²) in [4.78, 5) is 7.57. The van der Waals surface area contributed by atoms with Crippen molar-refractivity contribution in [2.75, 3.05) is 31.1 Å². The molecule has 1 aromatic carbocycles. The molecule has 26 heavy (non-hydrogen) atoms. The molecule has 5 nitrogen and oxygen atoms in total. The van der Waals surface area contributed by atoms with E-state index in [9.17, 15) is 8.42 Å². The molecule has 3 heterocycles. The van der Waals surface area contributed by atoms with Crippen molar-refractivity contribution in [2.24, 2.45) is 0 Å². The molecule has 1 aliphatic rings. The number of anilines is 1. The molecule has 0 aliphatic carbocycles. The third kappa shape index (κ3) is 3.42. The van der Waals surface area contributed by atoms with Crippen LogP contribution in [0.3, 0.4) is 0 Å². The maximum absolute atomic E-state index is 13.0. The summed E-state index contributed by atoms with van der Waals surface area (Å²) in [7, 11) is -3.45. The highest BCUT2D eigenvalue weighted by Gasteiger charge is 2.30. The number of sulfonamides is 1. The number of benzene rings is 1. The molecule has 0 radical (unpaired) electrons. The molecule has 4 rings (SSSR count). The molecule has 0 bridgehead atoms. The summed E-state index contributed by atoms with van der Waals surface area (Å²) in [5.74, 6) is 0. The molecule has 0 N–H and O–H groups in total. The summed E-state index contributed by atoms with van der Waals surface area (Å²) in [5, 5.41) is 2.95. The first-order chi connectivity index (χ1) is 12.5. The zero-order valence-electron chi connectivity index (χ0n) is 14.3. The molecule has 0 spiro atoms. The van der Waals surface area contributed by atoms with Crippen molar-refractivity contribution in [3.8, 4) is 10.6 Å². The third-order valence-electron chi connectivity index (χ3n) is 4.41. The Hall–Kier alpha value is -1.74. The van der Waals surface area contributed by atoms with Gasteiger partial charge in [0.1, 0.15) is 4.21 Å². The molecule has 3 aromatic rings. The average molecular weight is 406 g/mol. The van der Waals surface area contributed by atoms with Crippen LogP contribution in [0.15, 0.2) is 52.1 Å². The van der Waals surface area contributed by atoms with Crippen molar-refractivity contribution in [3.05, 3.63) is 52.9 Å². The fraction of sp³-hybridized carbons (Fsp3) is 0.278. The Bertz CT molecular complexity index is 988. The molecule has 0 atom stereocenters. The highest BCUT2D eigenvalue weighted by atomic mass is 32.2. The minimum Gasteiger partial charge on any atom is -0.369 e. The van der Waals surface area contributed by atoms with Crippen LogP contribution in [0.5, 0.6) is 0 Å². The van der Waals surface area contributed by atoms with Gasteiger partial charge in [-0.2, -0.15) is 4.31 Å². The molecular formula is C18H19N3O2S3. The predicted octanol–water partition coefficient (Wildman–Crippen LogP) is 3.69. The van der Waals surface area contributed by atoms with Crippen molar-refractivity contribution in [3.63, 3.8) is 0 Å². The van der Waals surface area contributed by atoms with Crippen LogP contribution in [-0.2, 0) is 10.0 Å². The number of thiazole rings is 1. The van der Waals surface area contributed by atoms with E-state index in [4.69, 9.17) is 0 Å². The molecule has 2 aromatic heterocycles. The van der Waals surface area contributed by atoms with E-state index in [1.54, 1.807) is 21.7 Å². The van der Waals surface area contributed by atoms with Gasteiger partial charge in [-0.3, -0.25) is 0 Å². The predicted molar refractivity (Wildman–Crippen MR) is 108 cm³/mol. The third-order valence-corrected chi connectivity index (χ3v) is 8.65. The van der Waals surface area contributed by atoms with Gasteiger partial charge in [-0.25, -0.2) is 13.4 Å². The van der Waals surface area contributed by atoms with E-state index < -0.39 is 10.0 Å². The van der Waals surface area contributed by atoms with Gasteiger partial charge in [0.15, 0.2) is 0 Å². The molecule has 136 valence electrons. The van der Waals surface area contributed by atoms with E-state index in [1.165, 1.54) is 11.3 Å². The highest BCUT2D eigenvalue weighted by Crippen LogP contribution is 2.33. The number of thiophene rings is 1. The number of hydrogen-bond donors (Lipinski definition) is 0. The lowest BCUT2D eigenvalue weighted by atomic mass is 10.2. The Labute approximate surface area is 161 Å². The zero-order chi connectivity index (χ0) is 18.1. The van der Waals surface area contributed by atoms with Crippen LogP contribution in [0.25, 0.3) is 10.6 Å². The van der Waals surface area contributed by atoms with E-state index in [-0.39, 0.29) is 0 Å². The second kappa shape index (κ2) is 7.11. The zero-order valence-corrected chi connectivity index (χ0v) is 16.8. The molecular weight excluding hydrogens is 386 g/mol. The topological polar surface area (TPSA) is 53.5 Å². The van der Waals surface area contributed by atoms with Crippen molar-refractivity contribution in [1.82, 2.24) is 9.29 Å². The Kier molecular flexibility index (Phi) is 4.83. The second-order valence-corrected chi connectivity index (χ2v) is 10.4. The summed E-state index contributed by atoms with van der Waals surface area (Å²) in [5.41, 5.74) is 2.00. The molecule has 1 aliphatic heterocycles. The van der Waals surface area contributed by atoms with Crippen LogP contribution in [-0.4, -0.2) is 43.9 Å². The number of hydrogen-bond acceptors (Lipinski definition) is 6. The van der Waals surface area contributed by atoms with Gasteiger partial charge < -0.3 is 4.90 Å². The van der Waals surface area contributed by atoms with E-state index in [1.807, 2.05) is 36.6 Å². The van der Waals surface area contributed by atoms with Gasteiger partial charge in [-0.15, -0.1) is 22.7 Å². The fourth-order valence-electron chi connectivity index (χ4n) is 3.03. The minimum absolute atomic E-state index is 0.395.